The van der Waals surface area contributed by atoms with Crippen molar-refractivity contribution in [1.29, 1.82) is 0 Å². The molecule has 2 amide bonds. The number of carbonyl (C=O) groups excluding carboxylic acids is 3. The molecule has 0 radical (unpaired) electrons. The number of benzene rings is 2. The van der Waals surface area contributed by atoms with Crippen LogP contribution in [-0.2, 0) is 16.0 Å². The lowest BCUT2D eigenvalue weighted by Crippen LogP contribution is -2.42. The first-order valence-corrected chi connectivity index (χ1v) is 10.7. The lowest BCUT2D eigenvalue weighted by Gasteiger charge is -2.29. The van der Waals surface area contributed by atoms with Crippen LogP contribution in [0.2, 0.25) is 0 Å². The summed E-state index contributed by atoms with van der Waals surface area (Å²) in [6.07, 6.45) is 6.40. The molecule has 0 saturated heterocycles. The Morgan fingerprint density at radius 3 is 2.39 bits per heavy atom. The predicted molar refractivity (Wildman–Crippen MR) is 114 cm³/mol. The minimum absolute atomic E-state index is 0.0621. The quantitative estimate of drug-likeness (QED) is 0.777. The van der Waals surface area contributed by atoms with E-state index < -0.39 is 17.8 Å². The van der Waals surface area contributed by atoms with E-state index >= 15 is 0 Å². The Hall–Kier alpha value is -3.41. The highest BCUT2D eigenvalue weighted by Crippen LogP contribution is 2.48. The molecule has 1 N–H and O–H groups in total. The number of nitrogens with one attached hydrogen (secondary N) is 1. The highest BCUT2D eigenvalue weighted by atomic mass is 16.4. The van der Waals surface area contributed by atoms with E-state index in [9.17, 15) is 19.5 Å². The van der Waals surface area contributed by atoms with Crippen LogP contribution in [0.5, 0.6) is 0 Å². The first-order valence-electron chi connectivity index (χ1n) is 10.7. The molecule has 5 rings (SSSR count). The molecule has 2 aromatic carbocycles. The fourth-order valence-corrected chi connectivity index (χ4v) is 5.32. The lowest BCUT2D eigenvalue weighted by molar-refractivity contribution is -0.313. The molecule has 1 heterocycles. The molecule has 1 saturated carbocycles. The van der Waals surface area contributed by atoms with Gasteiger partial charge in [0.15, 0.2) is 0 Å². The lowest BCUT2D eigenvalue weighted by atomic mass is 9.82. The van der Waals surface area contributed by atoms with Crippen LogP contribution in [0.3, 0.4) is 0 Å². The van der Waals surface area contributed by atoms with Crippen molar-refractivity contribution in [1.82, 2.24) is 0 Å². The van der Waals surface area contributed by atoms with E-state index in [0.717, 1.165) is 18.5 Å². The number of para-hydroxylation sites is 1. The molecule has 1 aliphatic heterocycles. The third-order valence-electron chi connectivity index (χ3n) is 6.79. The summed E-state index contributed by atoms with van der Waals surface area (Å²) in [4.78, 5) is 39.2. The molecule has 2 aliphatic carbocycles. The third kappa shape index (κ3) is 3.42. The van der Waals surface area contributed by atoms with E-state index in [1.165, 1.54) is 5.56 Å². The van der Waals surface area contributed by atoms with Gasteiger partial charge in [-0.2, -0.15) is 0 Å². The van der Waals surface area contributed by atoms with Gasteiger partial charge in [0.05, 0.1) is 5.92 Å². The Balaban J connectivity index is 1.30. The number of hydrogen-bond donors (Lipinski definition) is 1. The Morgan fingerprint density at radius 1 is 0.935 bits per heavy atom. The minimum Gasteiger partial charge on any atom is -0.550 e. The van der Waals surface area contributed by atoms with Crippen LogP contribution in [0, 0.1) is 23.7 Å². The highest BCUT2D eigenvalue weighted by Gasteiger charge is 2.48. The largest absolute Gasteiger partial charge is 0.550 e. The molecule has 0 aromatic heterocycles. The van der Waals surface area contributed by atoms with Crippen LogP contribution in [-0.4, -0.2) is 24.3 Å². The maximum atomic E-state index is 13.1. The van der Waals surface area contributed by atoms with Crippen LogP contribution in [0.4, 0.5) is 11.4 Å². The van der Waals surface area contributed by atoms with Gasteiger partial charge in [0.1, 0.15) is 0 Å². The molecule has 1 fully saturated rings. The molecule has 0 spiro atoms. The van der Waals surface area contributed by atoms with Crippen molar-refractivity contribution in [2.24, 2.45) is 23.7 Å². The fraction of sp³-hybridized carbons (Fsp3) is 0.320. The average Bonchev–Trinajstić information content (AvgIpc) is 3.41. The number of aliphatic carboxylic acids is 1. The Labute approximate surface area is 180 Å². The van der Waals surface area contributed by atoms with Crippen molar-refractivity contribution in [2.75, 3.05) is 16.8 Å². The van der Waals surface area contributed by atoms with Gasteiger partial charge in [-0.05, 0) is 67.0 Å². The number of rotatable bonds is 4. The summed E-state index contributed by atoms with van der Waals surface area (Å²) in [5, 5.41) is 14.4. The first-order chi connectivity index (χ1) is 15.0. The molecule has 3 aliphatic rings. The Kier molecular flexibility index (Phi) is 4.85. The van der Waals surface area contributed by atoms with Crippen molar-refractivity contribution in [2.45, 2.75) is 19.3 Å². The highest BCUT2D eigenvalue weighted by molar-refractivity contribution is 6.07. The number of carboxylic acids is 1. The number of nitrogens with zero attached hydrogens (tertiary/aromatic N) is 1. The van der Waals surface area contributed by atoms with Crippen molar-refractivity contribution in [3.8, 4) is 0 Å². The fourth-order valence-electron chi connectivity index (χ4n) is 5.32. The number of carboxylic acid groups (broad SMARTS) is 1. The monoisotopic (exact) mass is 415 g/mol. The SMILES string of the molecule is O=C([O-])[C@@H]1[C@H](C(=O)Nc2ccc(C(=O)N3CCCc4ccccc43)cc2)[C@@H]2C=C[C@H]1C2. The zero-order valence-electron chi connectivity index (χ0n) is 17.0. The zero-order valence-corrected chi connectivity index (χ0v) is 17.0. The summed E-state index contributed by atoms with van der Waals surface area (Å²) in [5.74, 6) is -3.14. The molecule has 2 aromatic rings. The third-order valence-corrected chi connectivity index (χ3v) is 6.79. The van der Waals surface area contributed by atoms with Crippen molar-refractivity contribution < 1.29 is 19.5 Å². The van der Waals surface area contributed by atoms with Gasteiger partial charge in [0.2, 0.25) is 5.91 Å². The van der Waals surface area contributed by atoms with Crippen molar-refractivity contribution in [3.05, 3.63) is 71.8 Å². The summed E-state index contributed by atoms with van der Waals surface area (Å²) in [6.45, 7) is 0.677. The molecule has 0 unspecified atom stereocenters. The van der Waals surface area contributed by atoms with Crippen LogP contribution < -0.4 is 15.3 Å². The second-order valence-corrected chi connectivity index (χ2v) is 8.57. The number of amides is 2. The number of fused-ring (bicyclic) bond motifs is 3. The van der Waals surface area contributed by atoms with Crippen molar-refractivity contribution >= 4 is 29.2 Å². The summed E-state index contributed by atoms with van der Waals surface area (Å²) in [5.41, 5.74) is 3.22. The van der Waals surface area contributed by atoms with E-state index in [0.29, 0.717) is 24.2 Å². The minimum atomic E-state index is -1.17. The van der Waals surface area contributed by atoms with Gasteiger partial charge in [0, 0.05) is 35.4 Å². The smallest absolute Gasteiger partial charge is 0.258 e. The number of carbonyl (C=O) groups is 3. The van der Waals surface area contributed by atoms with Crippen LogP contribution in [0.1, 0.15) is 28.8 Å². The first kappa shape index (κ1) is 19.5. The van der Waals surface area contributed by atoms with Gasteiger partial charge in [-0.25, -0.2) is 0 Å². The number of allylic oxidation sites excluding steroid dienone is 2. The van der Waals surface area contributed by atoms with E-state index in [1.807, 2.05) is 30.4 Å². The summed E-state index contributed by atoms with van der Waals surface area (Å²) >= 11 is 0. The van der Waals surface area contributed by atoms with Gasteiger partial charge in [0.25, 0.3) is 5.91 Å². The molecule has 6 nitrogen and oxygen atoms in total. The van der Waals surface area contributed by atoms with Gasteiger partial charge in [-0.3, -0.25) is 9.59 Å². The molecule has 158 valence electrons. The maximum absolute atomic E-state index is 13.1. The average molecular weight is 415 g/mol. The van der Waals surface area contributed by atoms with Crippen molar-refractivity contribution in [3.63, 3.8) is 0 Å². The molecule has 4 atom stereocenters. The molecule has 31 heavy (non-hydrogen) atoms. The van der Waals surface area contributed by atoms with Crippen LogP contribution in [0.25, 0.3) is 0 Å². The molecule has 2 bridgehead atoms. The van der Waals surface area contributed by atoms with Gasteiger partial charge in [-0.15, -0.1) is 0 Å². The molecular formula is C25H23N2O4-. The molecule has 6 heteroatoms. The second kappa shape index (κ2) is 7.69. The summed E-state index contributed by atoms with van der Waals surface area (Å²) < 4.78 is 0. The maximum Gasteiger partial charge on any atom is 0.258 e. The normalized spacial score (nSPS) is 25.9. The number of hydrogen-bond acceptors (Lipinski definition) is 4. The van der Waals surface area contributed by atoms with E-state index in [-0.39, 0.29) is 23.7 Å². The van der Waals surface area contributed by atoms with E-state index in [1.54, 1.807) is 29.2 Å². The standard InChI is InChI=1S/C25H24N2O4/c28-23(21-17-7-8-18(14-17)22(21)25(30)31)26-19-11-9-16(10-12-19)24(29)27-13-3-5-15-4-1-2-6-20(15)27/h1-2,4,6-12,17-18,21-22H,3,5,13-14H2,(H,26,28)(H,30,31)/p-1/t17-,18+,21-,22+/m1/s1. The van der Waals surface area contributed by atoms with E-state index in [2.05, 4.69) is 11.4 Å². The molecular weight excluding hydrogens is 392 g/mol. The predicted octanol–water partition coefficient (Wildman–Crippen LogP) is 2.41. The van der Waals surface area contributed by atoms with Crippen LogP contribution >= 0.6 is 0 Å². The van der Waals surface area contributed by atoms with Gasteiger partial charge >= 0.3 is 0 Å². The Morgan fingerprint density at radius 2 is 1.65 bits per heavy atom. The van der Waals surface area contributed by atoms with Gasteiger partial charge < -0.3 is 20.1 Å². The zero-order chi connectivity index (χ0) is 21.5. The summed E-state index contributed by atoms with van der Waals surface area (Å²) in [7, 11) is 0. The number of anilines is 2. The van der Waals surface area contributed by atoms with Crippen LogP contribution in [0.15, 0.2) is 60.7 Å². The Bertz CT molecular complexity index is 1080. The number of aryl methyl sites for hydroxylation is 1. The van der Waals surface area contributed by atoms with Gasteiger partial charge in [-0.1, -0.05) is 30.4 Å². The topological polar surface area (TPSA) is 89.5 Å². The summed E-state index contributed by atoms with van der Waals surface area (Å²) in [6, 6.07) is 14.7. The van der Waals surface area contributed by atoms with E-state index in [4.69, 9.17) is 0 Å². The second-order valence-electron chi connectivity index (χ2n) is 8.57.